The standard InChI is InChI=1S/C9H6F3IO/c1-2-5-3-6(10)8(13)7(4-5)14-9(11)12/h2-4,9H,1H2. The Balaban J connectivity index is 3.13. The molecule has 0 radical (unpaired) electrons. The van der Waals surface area contributed by atoms with Crippen molar-refractivity contribution in [1.82, 2.24) is 0 Å². The van der Waals surface area contributed by atoms with Crippen molar-refractivity contribution in [1.29, 1.82) is 0 Å². The third-order valence-corrected chi connectivity index (χ3v) is 2.52. The van der Waals surface area contributed by atoms with Crippen LogP contribution in [0.2, 0.25) is 0 Å². The van der Waals surface area contributed by atoms with Crippen LogP contribution in [0, 0.1) is 9.39 Å². The molecule has 0 aliphatic rings. The summed E-state index contributed by atoms with van der Waals surface area (Å²) in [6.45, 7) is 0.454. The Morgan fingerprint density at radius 1 is 1.43 bits per heavy atom. The predicted molar refractivity (Wildman–Crippen MR) is 55.8 cm³/mol. The first-order valence-electron chi connectivity index (χ1n) is 3.61. The van der Waals surface area contributed by atoms with Crippen molar-refractivity contribution in [2.24, 2.45) is 0 Å². The Hall–Kier alpha value is -0.720. The highest BCUT2D eigenvalue weighted by Gasteiger charge is 2.12. The first-order valence-corrected chi connectivity index (χ1v) is 4.68. The van der Waals surface area contributed by atoms with Gasteiger partial charge in [-0.05, 0) is 40.3 Å². The van der Waals surface area contributed by atoms with Crippen LogP contribution in [-0.2, 0) is 0 Å². The molecule has 0 amide bonds. The fraction of sp³-hybridized carbons (Fsp3) is 0.111. The zero-order valence-electron chi connectivity index (χ0n) is 6.94. The molecule has 0 atom stereocenters. The lowest BCUT2D eigenvalue weighted by Gasteiger charge is -2.08. The van der Waals surface area contributed by atoms with Gasteiger partial charge in [0.15, 0.2) is 0 Å². The number of alkyl halides is 2. The van der Waals surface area contributed by atoms with Crippen molar-refractivity contribution in [3.8, 4) is 5.75 Å². The lowest BCUT2D eigenvalue weighted by Crippen LogP contribution is -2.04. The summed E-state index contributed by atoms with van der Waals surface area (Å²) in [4.78, 5) is 0. The quantitative estimate of drug-likeness (QED) is 0.774. The number of benzene rings is 1. The van der Waals surface area contributed by atoms with Crippen molar-refractivity contribution in [2.45, 2.75) is 6.61 Å². The van der Waals surface area contributed by atoms with E-state index in [1.165, 1.54) is 18.2 Å². The average Bonchev–Trinajstić information content (AvgIpc) is 2.11. The van der Waals surface area contributed by atoms with Gasteiger partial charge in [-0.1, -0.05) is 12.7 Å². The van der Waals surface area contributed by atoms with E-state index in [1.54, 1.807) is 22.6 Å². The highest BCUT2D eigenvalue weighted by Crippen LogP contribution is 2.27. The fourth-order valence-electron chi connectivity index (χ4n) is 0.883. The van der Waals surface area contributed by atoms with Crippen LogP contribution in [0.3, 0.4) is 0 Å². The van der Waals surface area contributed by atoms with Crippen molar-refractivity contribution in [2.75, 3.05) is 0 Å². The second kappa shape index (κ2) is 4.68. The molecule has 0 aliphatic carbocycles. The molecule has 0 aromatic heterocycles. The number of hydrogen-bond donors (Lipinski definition) is 0. The molecule has 0 aliphatic heterocycles. The maximum Gasteiger partial charge on any atom is 0.387 e. The van der Waals surface area contributed by atoms with Gasteiger partial charge in [0.25, 0.3) is 0 Å². The fourth-order valence-corrected chi connectivity index (χ4v) is 1.32. The third-order valence-electron chi connectivity index (χ3n) is 1.47. The Kier molecular flexibility index (Phi) is 3.79. The smallest absolute Gasteiger partial charge is 0.387 e. The molecule has 0 N–H and O–H groups in total. The second-order valence-corrected chi connectivity index (χ2v) is 3.48. The molecular weight excluding hydrogens is 308 g/mol. The van der Waals surface area contributed by atoms with E-state index in [1.807, 2.05) is 0 Å². The van der Waals surface area contributed by atoms with Crippen LogP contribution in [0.4, 0.5) is 13.2 Å². The van der Waals surface area contributed by atoms with Crippen molar-refractivity contribution < 1.29 is 17.9 Å². The van der Waals surface area contributed by atoms with Gasteiger partial charge in [-0.2, -0.15) is 8.78 Å². The summed E-state index contributed by atoms with van der Waals surface area (Å²) >= 11 is 1.60. The zero-order chi connectivity index (χ0) is 10.7. The molecule has 5 heteroatoms. The maximum absolute atomic E-state index is 13.1. The Bertz CT molecular complexity index is 352. The third kappa shape index (κ3) is 2.63. The van der Waals surface area contributed by atoms with Crippen LogP contribution < -0.4 is 4.74 Å². The highest BCUT2D eigenvalue weighted by atomic mass is 127. The van der Waals surface area contributed by atoms with E-state index in [9.17, 15) is 13.2 Å². The van der Waals surface area contributed by atoms with Gasteiger partial charge >= 0.3 is 6.61 Å². The molecule has 76 valence electrons. The summed E-state index contributed by atoms with van der Waals surface area (Å²) in [5.74, 6) is -0.769. The van der Waals surface area contributed by atoms with Gasteiger partial charge in [0.05, 0.1) is 3.57 Å². The van der Waals surface area contributed by atoms with Crippen LogP contribution in [0.25, 0.3) is 6.08 Å². The molecule has 1 rings (SSSR count). The molecule has 0 fully saturated rings. The summed E-state index contributed by atoms with van der Waals surface area (Å²) < 4.78 is 41.1. The van der Waals surface area contributed by atoms with Gasteiger partial charge in [-0.25, -0.2) is 4.39 Å². The van der Waals surface area contributed by atoms with Crippen LogP contribution >= 0.6 is 22.6 Å². The molecule has 0 unspecified atom stereocenters. The first kappa shape index (κ1) is 11.4. The highest BCUT2D eigenvalue weighted by molar-refractivity contribution is 14.1. The molecule has 0 heterocycles. The van der Waals surface area contributed by atoms with E-state index < -0.39 is 12.4 Å². The monoisotopic (exact) mass is 314 g/mol. The molecule has 1 aromatic rings. The van der Waals surface area contributed by atoms with Gasteiger partial charge in [-0.3, -0.25) is 0 Å². The lowest BCUT2D eigenvalue weighted by atomic mass is 10.2. The molecule has 14 heavy (non-hydrogen) atoms. The molecule has 0 spiro atoms. The van der Waals surface area contributed by atoms with Crippen LogP contribution in [0.1, 0.15) is 5.56 Å². The zero-order valence-corrected chi connectivity index (χ0v) is 9.09. The van der Waals surface area contributed by atoms with E-state index in [-0.39, 0.29) is 9.32 Å². The summed E-state index contributed by atoms with van der Waals surface area (Å²) in [6.07, 6.45) is 1.36. The molecule has 0 bridgehead atoms. The molecular formula is C9H6F3IO. The van der Waals surface area contributed by atoms with E-state index in [2.05, 4.69) is 11.3 Å². The molecule has 0 saturated heterocycles. The van der Waals surface area contributed by atoms with Crippen LogP contribution in [0.5, 0.6) is 5.75 Å². The maximum atomic E-state index is 13.1. The Morgan fingerprint density at radius 2 is 2.07 bits per heavy atom. The van der Waals surface area contributed by atoms with Crippen molar-refractivity contribution in [3.05, 3.63) is 33.7 Å². The Labute approximate surface area is 92.7 Å². The van der Waals surface area contributed by atoms with Gasteiger partial charge in [0.1, 0.15) is 11.6 Å². The van der Waals surface area contributed by atoms with Gasteiger partial charge < -0.3 is 4.74 Å². The number of halogens is 4. The summed E-state index contributed by atoms with van der Waals surface area (Å²) in [5.41, 5.74) is 0.401. The topological polar surface area (TPSA) is 9.23 Å². The average molecular weight is 314 g/mol. The molecule has 0 saturated carbocycles. The number of rotatable bonds is 3. The summed E-state index contributed by atoms with van der Waals surface area (Å²) in [6, 6.07) is 2.51. The predicted octanol–water partition coefficient (Wildman–Crippen LogP) is 3.67. The van der Waals surface area contributed by atoms with Gasteiger partial charge in [0.2, 0.25) is 0 Å². The number of ether oxygens (including phenoxy) is 1. The van der Waals surface area contributed by atoms with Gasteiger partial charge in [-0.15, -0.1) is 0 Å². The van der Waals surface area contributed by atoms with Crippen LogP contribution in [0.15, 0.2) is 18.7 Å². The minimum Gasteiger partial charge on any atom is -0.434 e. The van der Waals surface area contributed by atoms with Crippen molar-refractivity contribution >= 4 is 28.7 Å². The van der Waals surface area contributed by atoms with Gasteiger partial charge in [0, 0.05) is 0 Å². The first-order chi connectivity index (χ1) is 6.54. The van der Waals surface area contributed by atoms with E-state index in [0.29, 0.717) is 5.56 Å². The largest absolute Gasteiger partial charge is 0.434 e. The second-order valence-electron chi connectivity index (χ2n) is 2.40. The number of hydrogen-bond acceptors (Lipinski definition) is 1. The molecule has 1 nitrogen and oxygen atoms in total. The summed E-state index contributed by atoms with van der Waals surface area (Å²) in [5, 5.41) is 0. The summed E-state index contributed by atoms with van der Waals surface area (Å²) in [7, 11) is 0. The van der Waals surface area contributed by atoms with E-state index in [0.717, 1.165) is 0 Å². The van der Waals surface area contributed by atoms with E-state index in [4.69, 9.17) is 0 Å². The minimum absolute atomic E-state index is 0.0356. The van der Waals surface area contributed by atoms with Crippen molar-refractivity contribution in [3.63, 3.8) is 0 Å². The molecule has 1 aromatic carbocycles. The Morgan fingerprint density at radius 3 is 2.57 bits per heavy atom. The van der Waals surface area contributed by atoms with Crippen LogP contribution in [-0.4, -0.2) is 6.61 Å². The lowest BCUT2D eigenvalue weighted by molar-refractivity contribution is -0.0506. The van der Waals surface area contributed by atoms with E-state index >= 15 is 0 Å². The SMILES string of the molecule is C=Cc1cc(F)c(I)c(OC(F)F)c1. The minimum atomic E-state index is -2.96. The normalized spacial score (nSPS) is 10.4.